The lowest BCUT2D eigenvalue weighted by Crippen LogP contribution is -2.28. The van der Waals surface area contributed by atoms with Crippen LogP contribution in [0.1, 0.15) is 11.1 Å². The van der Waals surface area contributed by atoms with Gasteiger partial charge in [-0.25, -0.2) is 9.37 Å². The summed E-state index contributed by atoms with van der Waals surface area (Å²) in [6, 6.07) is 8.34. The van der Waals surface area contributed by atoms with E-state index in [1.807, 2.05) is 17.0 Å². The van der Waals surface area contributed by atoms with Crippen molar-refractivity contribution in [3.05, 3.63) is 47.4 Å². The average Bonchev–Trinajstić information content (AvgIpc) is 2.64. The molecule has 0 unspecified atom stereocenters. The molecule has 0 bridgehead atoms. The summed E-state index contributed by atoms with van der Waals surface area (Å²) in [7, 11) is 0. The van der Waals surface area contributed by atoms with E-state index in [-0.39, 0.29) is 5.95 Å². The van der Waals surface area contributed by atoms with Crippen molar-refractivity contribution in [2.24, 2.45) is 0 Å². The SMILES string of the molecule is Nc1ncc(F)c(N2CCc3ccccc3CC2)n1. The Morgan fingerprint density at radius 1 is 1.11 bits per heavy atom. The van der Waals surface area contributed by atoms with E-state index in [1.165, 1.54) is 11.1 Å². The highest BCUT2D eigenvalue weighted by Crippen LogP contribution is 2.21. The Balaban J connectivity index is 1.87. The van der Waals surface area contributed by atoms with E-state index in [4.69, 9.17) is 5.73 Å². The first kappa shape index (κ1) is 11.9. The molecule has 1 aromatic heterocycles. The normalized spacial score (nSPS) is 14.9. The molecule has 19 heavy (non-hydrogen) atoms. The molecule has 2 N–H and O–H groups in total. The van der Waals surface area contributed by atoms with Crippen LogP contribution in [0.25, 0.3) is 0 Å². The van der Waals surface area contributed by atoms with Crippen molar-refractivity contribution in [2.75, 3.05) is 23.7 Å². The van der Waals surface area contributed by atoms with Gasteiger partial charge in [-0.1, -0.05) is 24.3 Å². The van der Waals surface area contributed by atoms with Gasteiger partial charge in [-0.05, 0) is 24.0 Å². The Bertz CT molecular complexity index is 573. The summed E-state index contributed by atoms with van der Waals surface area (Å²) in [6.45, 7) is 1.48. The van der Waals surface area contributed by atoms with E-state index in [1.54, 1.807) is 0 Å². The molecule has 0 saturated heterocycles. The topological polar surface area (TPSA) is 55.0 Å². The summed E-state index contributed by atoms with van der Waals surface area (Å²) in [6.07, 6.45) is 2.91. The number of hydrogen-bond donors (Lipinski definition) is 1. The molecule has 0 saturated carbocycles. The highest BCUT2D eigenvalue weighted by atomic mass is 19.1. The lowest BCUT2D eigenvalue weighted by atomic mass is 10.0. The van der Waals surface area contributed by atoms with Gasteiger partial charge in [0.2, 0.25) is 5.95 Å². The van der Waals surface area contributed by atoms with Gasteiger partial charge in [-0.2, -0.15) is 4.98 Å². The number of nitrogen functional groups attached to an aromatic ring is 1. The van der Waals surface area contributed by atoms with Gasteiger partial charge in [0.25, 0.3) is 0 Å². The number of benzene rings is 1. The minimum Gasteiger partial charge on any atom is -0.368 e. The molecule has 4 nitrogen and oxygen atoms in total. The number of nitrogens with two attached hydrogens (primary N) is 1. The maximum Gasteiger partial charge on any atom is 0.222 e. The summed E-state index contributed by atoms with van der Waals surface area (Å²) in [4.78, 5) is 9.62. The number of halogens is 1. The molecule has 0 spiro atoms. The third kappa shape index (κ3) is 2.36. The summed E-state index contributed by atoms with van der Waals surface area (Å²) < 4.78 is 13.8. The van der Waals surface area contributed by atoms with Crippen LogP contribution in [-0.4, -0.2) is 23.1 Å². The number of aromatic nitrogens is 2. The highest BCUT2D eigenvalue weighted by molar-refractivity contribution is 5.44. The summed E-state index contributed by atoms with van der Waals surface area (Å²) in [5.41, 5.74) is 8.19. The zero-order chi connectivity index (χ0) is 13.2. The van der Waals surface area contributed by atoms with Gasteiger partial charge in [-0.3, -0.25) is 0 Å². The fraction of sp³-hybridized carbons (Fsp3) is 0.286. The second kappa shape index (κ2) is 4.84. The van der Waals surface area contributed by atoms with Crippen molar-refractivity contribution in [3.63, 3.8) is 0 Å². The molecule has 0 fully saturated rings. The van der Waals surface area contributed by atoms with E-state index < -0.39 is 5.82 Å². The zero-order valence-corrected chi connectivity index (χ0v) is 10.5. The number of hydrogen-bond acceptors (Lipinski definition) is 4. The van der Waals surface area contributed by atoms with E-state index in [0.29, 0.717) is 5.82 Å². The average molecular weight is 258 g/mol. The predicted octanol–water partition coefficient (Wildman–Crippen LogP) is 1.80. The van der Waals surface area contributed by atoms with Crippen LogP contribution < -0.4 is 10.6 Å². The quantitative estimate of drug-likeness (QED) is 0.847. The van der Waals surface area contributed by atoms with Gasteiger partial charge >= 0.3 is 0 Å². The van der Waals surface area contributed by atoms with Crippen molar-refractivity contribution >= 4 is 11.8 Å². The van der Waals surface area contributed by atoms with Gasteiger partial charge in [-0.15, -0.1) is 0 Å². The molecule has 1 aliphatic heterocycles. The largest absolute Gasteiger partial charge is 0.368 e. The van der Waals surface area contributed by atoms with Crippen molar-refractivity contribution in [3.8, 4) is 0 Å². The minimum atomic E-state index is -0.417. The van der Waals surface area contributed by atoms with Crippen molar-refractivity contribution in [2.45, 2.75) is 12.8 Å². The fourth-order valence-corrected chi connectivity index (χ4v) is 2.47. The van der Waals surface area contributed by atoms with Crippen LogP contribution in [0.3, 0.4) is 0 Å². The molecule has 0 radical (unpaired) electrons. The Kier molecular flexibility index (Phi) is 3.03. The predicted molar refractivity (Wildman–Crippen MR) is 72.5 cm³/mol. The van der Waals surface area contributed by atoms with Gasteiger partial charge < -0.3 is 10.6 Å². The van der Waals surface area contributed by atoms with Crippen LogP contribution in [0.4, 0.5) is 16.2 Å². The minimum absolute atomic E-state index is 0.109. The first-order chi connectivity index (χ1) is 9.24. The molecule has 0 aliphatic carbocycles. The van der Waals surface area contributed by atoms with E-state index in [0.717, 1.165) is 32.1 Å². The molecule has 98 valence electrons. The Labute approximate surface area is 111 Å². The third-order valence-electron chi connectivity index (χ3n) is 3.46. The molecule has 5 heteroatoms. The summed E-state index contributed by atoms with van der Waals surface area (Å²) >= 11 is 0. The Hall–Kier alpha value is -2.17. The monoisotopic (exact) mass is 258 g/mol. The van der Waals surface area contributed by atoms with Crippen LogP contribution >= 0.6 is 0 Å². The number of rotatable bonds is 1. The van der Waals surface area contributed by atoms with Gasteiger partial charge in [0, 0.05) is 13.1 Å². The Morgan fingerprint density at radius 2 is 1.74 bits per heavy atom. The van der Waals surface area contributed by atoms with Crippen LogP contribution in [0.5, 0.6) is 0 Å². The van der Waals surface area contributed by atoms with Crippen molar-refractivity contribution in [1.29, 1.82) is 0 Å². The first-order valence-corrected chi connectivity index (χ1v) is 6.34. The van der Waals surface area contributed by atoms with E-state index in [9.17, 15) is 4.39 Å². The smallest absolute Gasteiger partial charge is 0.222 e. The van der Waals surface area contributed by atoms with Crippen molar-refractivity contribution in [1.82, 2.24) is 9.97 Å². The maximum absolute atomic E-state index is 13.8. The van der Waals surface area contributed by atoms with Crippen molar-refractivity contribution < 1.29 is 4.39 Å². The zero-order valence-electron chi connectivity index (χ0n) is 10.5. The summed E-state index contributed by atoms with van der Waals surface area (Å²) in [5, 5.41) is 0. The summed E-state index contributed by atoms with van der Waals surface area (Å²) in [5.74, 6) is -0.00127. The molecule has 2 heterocycles. The van der Waals surface area contributed by atoms with Crippen LogP contribution in [0.2, 0.25) is 0 Å². The lowest BCUT2D eigenvalue weighted by Gasteiger charge is -2.21. The van der Waals surface area contributed by atoms with Crippen LogP contribution in [0.15, 0.2) is 30.5 Å². The molecule has 2 aromatic rings. The van der Waals surface area contributed by atoms with Crippen LogP contribution in [0, 0.1) is 5.82 Å². The van der Waals surface area contributed by atoms with Crippen LogP contribution in [-0.2, 0) is 12.8 Å². The highest BCUT2D eigenvalue weighted by Gasteiger charge is 2.18. The second-order valence-corrected chi connectivity index (χ2v) is 4.66. The number of fused-ring (bicyclic) bond motifs is 1. The number of anilines is 2. The maximum atomic E-state index is 13.8. The molecule has 0 amide bonds. The fourth-order valence-electron chi connectivity index (χ4n) is 2.47. The molecule has 0 atom stereocenters. The van der Waals surface area contributed by atoms with Gasteiger partial charge in [0.15, 0.2) is 11.6 Å². The molecule has 3 rings (SSSR count). The lowest BCUT2D eigenvalue weighted by molar-refractivity contribution is 0.602. The molecular formula is C14H15FN4. The number of nitrogens with zero attached hydrogens (tertiary/aromatic N) is 3. The van der Waals surface area contributed by atoms with Gasteiger partial charge in [0.05, 0.1) is 6.20 Å². The first-order valence-electron chi connectivity index (χ1n) is 6.34. The standard InChI is InChI=1S/C14H15FN4/c15-12-9-17-14(16)18-13(12)19-7-5-10-3-1-2-4-11(10)6-8-19/h1-4,9H,5-8H2,(H2,16,17,18). The van der Waals surface area contributed by atoms with E-state index >= 15 is 0 Å². The van der Waals surface area contributed by atoms with Gasteiger partial charge in [0.1, 0.15) is 0 Å². The van der Waals surface area contributed by atoms with E-state index in [2.05, 4.69) is 22.1 Å². The third-order valence-corrected chi connectivity index (χ3v) is 3.46. The molecular weight excluding hydrogens is 243 g/mol. The molecule has 1 aromatic carbocycles. The second-order valence-electron chi connectivity index (χ2n) is 4.66. The Morgan fingerprint density at radius 3 is 2.37 bits per heavy atom. The molecule has 1 aliphatic rings.